The second kappa shape index (κ2) is 5.67. The van der Waals surface area contributed by atoms with Gasteiger partial charge in [-0.1, -0.05) is 0 Å². The second-order valence-corrected chi connectivity index (χ2v) is 5.31. The molecule has 0 bridgehead atoms. The molecule has 0 aromatic carbocycles. The van der Waals surface area contributed by atoms with E-state index in [1.807, 2.05) is 19.1 Å². The molecule has 2 heterocycles. The first-order valence-electron chi connectivity index (χ1n) is 6.60. The van der Waals surface area contributed by atoms with Gasteiger partial charge in [0.1, 0.15) is 5.82 Å². The fourth-order valence-corrected chi connectivity index (χ4v) is 2.59. The molecule has 0 radical (unpaired) electrons. The minimum Gasteiger partial charge on any atom is -0.392 e. The first kappa shape index (κ1) is 13.3. The van der Waals surface area contributed by atoms with Crippen molar-refractivity contribution in [3.63, 3.8) is 0 Å². The van der Waals surface area contributed by atoms with Crippen molar-refractivity contribution in [1.29, 1.82) is 0 Å². The molecular formula is C14H23N3O. The summed E-state index contributed by atoms with van der Waals surface area (Å²) in [5, 5.41) is 9.25. The molecule has 1 aliphatic rings. The van der Waals surface area contributed by atoms with Gasteiger partial charge in [0.15, 0.2) is 0 Å². The number of piperidine rings is 1. The van der Waals surface area contributed by atoms with E-state index >= 15 is 0 Å². The highest BCUT2D eigenvalue weighted by Gasteiger charge is 2.21. The SMILES string of the molecule is Cc1cc(CO)cc(N2CCC(N(C)C)CC2)n1. The summed E-state index contributed by atoms with van der Waals surface area (Å²) in [5.41, 5.74) is 1.93. The van der Waals surface area contributed by atoms with Crippen LogP contribution in [0.15, 0.2) is 12.1 Å². The summed E-state index contributed by atoms with van der Waals surface area (Å²) >= 11 is 0. The molecular weight excluding hydrogens is 226 g/mol. The summed E-state index contributed by atoms with van der Waals surface area (Å²) in [6.07, 6.45) is 2.36. The average molecular weight is 249 g/mol. The number of aryl methyl sites for hydroxylation is 1. The van der Waals surface area contributed by atoms with Gasteiger partial charge in [-0.25, -0.2) is 4.98 Å². The molecule has 0 spiro atoms. The van der Waals surface area contributed by atoms with Gasteiger partial charge < -0.3 is 14.9 Å². The zero-order valence-electron chi connectivity index (χ0n) is 11.6. The normalized spacial score (nSPS) is 17.5. The molecule has 0 amide bonds. The minimum absolute atomic E-state index is 0.0878. The summed E-state index contributed by atoms with van der Waals surface area (Å²) in [6.45, 7) is 4.16. The predicted octanol–water partition coefficient (Wildman–Crippen LogP) is 1.41. The van der Waals surface area contributed by atoms with Gasteiger partial charge in [0.25, 0.3) is 0 Å². The number of aliphatic hydroxyl groups excluding tert-OH is 1. The zero-order chi connectivity index (χ0) is 13.1. The lowest BCUT2D eigenvalue weighted by molar-refractivity contribution is 0.249. The molecule has 1 aromatic rings. The van der Waals surface area contributed by atoms with Crippen molar-refractivity contribution in [2.24, 2.45) is 0 Å². The minimum atomic E-state index is 0.0878. The smallest absolute Gasteiger partial charge is 0.129 e. The predicted molar refractivity (Wildman–Crippen MR) is 73.8 cm³/mol. The van der Waals surface area contributed by atoms with E-state index in [1.165, 1.54) is 12.8 Å². The Morgan fingerprint density at radius 2 is 2.00 bits per heavy atom. The lowest BCUT2D eigenvalue weighted by atomic mass is 10.0. The van der Waals surface area contributed by atoms with Gasteiger partial charge in [-0.15, -0.1) is 0 Å². The van der Waals surface area contributed by atoms with Crippen LogP contribution in [0.4, 0.5) is 5.82 Å². The van der Waals surface area contributed by atoms with E-state index in [0.717, 1.165) is 30.2 Å². The van der Waals surface area contributed by atoms with Crippen LogP contribution in [0.5, 0.6) is 0 Å². The third-order valence-corrected chi connectivity index (χ3v) is 3.70. The molecule has 18 heavy (non-hydrogen) atoms. The number of aromatic nitrogens is 1. The largest absolute Gasteiger partial charge is 0.392 e. The van der Waals surface area contributed by atoms with Gasteiger partial charge in [0, 0.05) is 24.8 Å². The van der Waals surface area contributed by atoms with Crippen LogP contribution in [-0.2, 0) is 6.61 Å². The fraction of sp³-hybridized carbons (Fsp3) is 0.643. The van der Waals surface area contributed by atoms with Gasteiger partial charge in [0.2, 0.25) is 0 Å². The molecule has 0 saturated carbocycles. The molecule has 4 nitrogen and oxygen atoms in total. The molecule has 1 saturated heterocycles. The highest BCUT2D eigenvalue weighted by atomic mass is 16.3. The van der Waals surface area contributed by atoms with Crippen LogP contribution in [0.3, 0.4) is 0 Å². The molecule has 1 aromatic heterocycles. The van der Waals surface area contributed by atoms with Gasteiger partial charge >= 0.3 is 0 Å². The number of hydrogen-bond acceptors (Lipinski definition) is 4. The van der Waals surface area contributed by atoms with Crippen LogP contribution in [0.2, 0.25) is 0 Å². The fourth-order valence-electron chi connectivity index (χ4n) is 2.59. The number of pyridine rings is 1. The van der Waals surface area contributed by atoms with Crippen LogP contribution in [0, 0.1) is 6.92 Å². The van der Waals surface area contributed by atoms with E-state index in [2.05, 4.69) is 28.9 Å². The van der Waals surface area contributed by atoms with Crippen molar-refractivity contribution >= 4 is 5.82 Å². The Bertz CT molecular complexity index is 398. The van der Waals surface area contributed by atoms with Crippen molar-refractivity contribution < 1.29 is 5.11 Å². The highest BCUT2D eigenvalue weighted by Crippen LogP contribution is 2.21. The Morgan fingerprint density at radius 3 is 2.56 bits per heavy atom. The average Bonchev–Trinajstić information content (AvgIpc) is 2.38. The van der Waals surface area contributed by atoms with Gasteiger partial charge in [-0.2, -0.15) is 0 Å². The van der Waals surface area contributed by atoms with E-state index in [9.17, 15) is 5.11 Å². The lowest BCUT2D eigenvalue weighted by Crippen LogP contribution is -2.42. The van der Waals surface area contributed by atoms with Crippen LogP contribution in [0.1, 0.15) is 24.1 Å². The van der Waals surface area contributed by atoms with Crippen molar-refractivity contribution in [3.05, 3.63) is 23.4 Å². The quantitative estimate of drug-likeness (QED) is 0.879. The molecule has 4 heteroatoms. The van der Waals surface area contributed by atoms with E-state index in [1.54, 1.807) is 0 Å². The lowest BCUT2D eigenvalue weighted by Gasteiger charge is -2.36. The van der Waals surface area contributed by atoms with Crippen molar-refractivity contribution in [2.45, 2.75) is 32.4 Å². The molecule has 2 rings (SSSR count). The van der Waals surface area contributed by atoms with Gasteiger partial charge in [-0.05, 0) is 51.6 Å². The second-order valence-electron chi connectivity index (χ2n) is 5.31. The number of aliphatic hydroxyl groups is 1. The molecule has 0 aliphatic carbocycles. The van der Waals surface area contributed by atoms with E-state index in [-0.39, 0.29) is 6.61 Å². The maximum atomic E-state index is 9.25. The highest BCUT2D eigenvalue weighted by molar-refractivity contribution is 5.43. The maximum Gasteiger partial charge on any atom is 0.129 e. The monoisotopic (exact) mass is 249 g/mol. The molecule has 1 fully saturated rings. The van der Waals surface area contributed by atoms with E-state index in [4.69, 9.17) is 0 Å². The summed E-state index contributed by atoms with van der Waals surface area (Å²) in [7, 11) is 4.30. The topological polar surface area (TPSA) is 39.6 Å². The summed E-state index contributed by atoms with van der Waals surface area (Å²) in [4.78, 5) is 9.21. The molecule has 1 N–H and O–H groups in total. The summed E-state index contributed by atoms with van der Waals surface area (Å²) in [6, 6.07) is 4.63. The maximum absolute atomic E-state index is 9.25. The van der Waals surface area contributed by atoms with Crippen LogP contribution >= 0.6 is 0 Å². The Balaban J connectivity index is 2.07. The van der Waals surface area contributed by atoms with Crippen LogP contribution < -0.4 is 4.90 Å². The van der Waals surface area contributed by atoms with Crippen LogP contribution in [-0.4, -0.2) is 48.2 Å². The van der Waals surface area contributed by atoms with Crippen molar-refractivity contribution in [2.75, 3.05) is 32.1 Å². The first-order valence-corrected chi connectivity index (χ1v) is 6.60. The summed E-state index contributed by atoms with van der Waals surface area (Å²) in [5.74, 6) is 1.01. The van der Waals surface area contributed by atoms with Gasteiger partial charge in [0.05, 0.1) is 6.61 Å². The standard InChI is InChI=1S/C14H23N3O/c1-11-8-12(10-18)9-14(15-11)17-6-4-13(5-7-17)16(2)3/h8-9,13,18H,4-7,10H2,1-3H3. The number of anilines is 1. The number of rotatable bonds is 3. The Hall–Kier alpha value is -1.13. The Labute approximate surface area is 109 Å². The Kier molecular flexibility index (Phi) is 4.19. The third kappa shape index (κ3) is 3.00. The number of hydrogen-bond donors (Lipinski definition) is 1. The van der Waals surface area contributed by atoms with Crippen molar-refractivity contribution in [1.82, 2.24) is 9.88 Å². The molecule has 0 atom stereocenters. The third-order valence-electron chi connectivity index (χ3n) is 3.70. The zero-order valence-corrected chi connectivity index (χ0v) is 11.6. The summed E-state index contributed by atoms with van der Waals surface area (Å²) < 4.78 is 0. The number of nitrogens with zero attached hydrogens (tertiary/aromatic N) is 3. The molecule has 1 aliphatic heterocycles. The van der Waals surface area contributed by atoms with Gasteiger partial charge in [-0.3, -0.25) is 0 Å². The Morgan fingerprint density at radius 1 is 1.33 bits per heavy atom. The van der Waals surface area contributed by atoms with E-state index < -0.39 is 0 Å². The van der Waals surface area contributed by atoms with Crippen LogP contribution in [0.25, 0.3) is 0 Å². The molecule has 0 unspecified atom stereocenters. The molecule has 100 valence electrons. The van der Waals surface area contributed by atoms with Crippen molar-refractivity contribution in [3.8, 4) is 0 Å². The first-order chi connectivity index (χ1) is 8.60. The van der Waals surface area contributed by atoms with E-state index in [0.29, 0.717) is 6.04 Å².